The van der Waals surface area contributed by atoms with Crippen molar-refractivity contribution < 1.29 is 22.8 Å². The number of carbonyl (C=O) groups excluding carboxylic acids is 1. The number of quaternary nitrogens is 1. The van der Waals surface area contributed by atoms with E-state index in [0.29, 0.717) is 24.3 Å². The van der Waals surface area contributed by atoms with Crippen molar-refractivity contribution in [3.63, 3.8) is 0 Å². The van der Waals surface area contributed by atoms with Gasteiger partial charge in [-0.15, -0.1) is 0 Å². The van der Waals surface area contributed by atoms with Gasteiger partial charge in [0.2, 0.25) is 10.0 Å². The molecule has 160 valence electrons. The molecule has 0 spiro atoms. The molecule has 2 aromatic rings. The number of benzene rings is 2. The maximum Gasteiger partial charge on any atom is 0.255 e. The Morgan fingerprint density at radius 3 is 2.23 bits per heavy atom. The van der Waals surface area contributed by atoms with Crippen molar-refractivity contribution >= 4 is 21.6 Å². The minimum atomic E-state index is -3.44. The van der Waals surface area contributed by atoms with E-state index in [-0.39, 0.29) is 10.8 Å². The van der Waals surface area contributed by atoms with E-state index in [0.717, 1.165) is 45.7 Å². The van der Waals surface area contributed by atoms with Crippen LogP contribution in [0, 0.1) is 0 Å². The van der Waals surface area contributed by atoms with Crippen molar-refractivity contribution in [2.45, 2.75) is 24.3 Å². The number of anilines is 1. The molecule has 4 rings (SSSR count). The SMILES string of the molecule is O=C(Nc1ccc(S(=O)(=O)N2CCCC2)cc1)c1ccc(C[NH+]2CCOCC2)cc1. The fourth-order valence-corrected chi connectivity index (χ4v) is 5.41. The van der Waals surface area contributed by atoms with Crippen LogP contribution >= 0.6 is 0 Å². The van der Waals surface area contributed by atoms with E-state index < -0.39 is 10.0 Å². The first kappa shape index (κ1) is 21.0. The third-order valence-electron chi connectivity index (χ3n) is 5.69. The smallest absolute Gasteiger partial charge is 0.255 e. The van der Waals surface area contributed by atoms with E-state index in [2.05, 4.69) is 5.32 Å². The largest absolute Gasteiger partial charge is 0.370 e. The number of ether oxygens (including phenoxy) is 1. The summed E-state index contributed by atoms with van der Waals surface area (Å²) in [5.41, 5.74) is 2.34. The first-order valence-corrected chi connectivity index (χ1v) is 11.9. The Bertz CT molecular complexity index is 962. The Morgan fingerprint density at radius 1 is 0.967 bits per heavy atom. The van der Waals surface area contributed by atoms with E-state index in [4.69, 9.17) is 4.74 Å². The molecule has 2 heterocycles. The third kappa shape index (κ3) is 4.89. The number of rotatable bonds is 6. The molecule has 0 bridgehead atoms. The monoisotopic (exact) mass is 430 g/mol. The third-order valence-corrected chi connectivity index (χ3v) is 7.60. The van der Waals surface area contributed by atoms with Crippen LogP contribution in [0.1, 0.15) is 28.8 Å². The molecule has 2 N–H and O–H groups in total. The minimum absolute atomic E-state index is 0.213. The number of hydrogen-bond acceptors (Lipinski definition) is 4. The molecule has 2 saturated heterocycles. The fourth-order valence-electron chi connectivity index (χ4n) is 3.89. The Morgan fingerprint density at radius 2 is 1.60 bits per heavy atom. The van der Waals surface area contributed by atoms with Crippen LogP contribution in [0.5, 0.6) is 0 Å². The number of hydrogen-bond donors (Lipinski definition) is 2. The fraction of sp³-hybridized carbons (Fsp3) is 0.409. The van der Waals surface area contributed by atoms with Crippen molar-refractivity contribution in [2.24, 2.45) is 0 Å². The number of nitrogens with one attached hydrogen (secondary N) is 2. The first-order valence-electron chi connectivity index (χ1n) is 10.4. The number of carbonyl (C=O) groups is 1. The summed E-state index contributed by atoms with van der Waals surface area (Å²) in [5, 5.41) is 2.84. The number of sulfonamides is 1. The van der Waals surface area contributed by atoms with Gasteiger partial charge >= 0.3 is 0 Å². The van der Waals surface area contributed by atoms with E-state index in [1.807, 2.05) is 24.3 Å². The average Bonchev–Trinajstić information content (AvgIpc) is 3.31. The number of amides is 1. The molecule has 2 aliphatic heterocycles. The topological polar surface area (TPSA) is 80.2 Å². The Labute approximate surface area is 177 Å². The highest BCUT2D eigenvalue weighted by Gasteiger charge is 2.27. The molecule has 7 nitrogen and oxygen atoms in total. The quantitative estimate of drug-likeness (QED) is 0.720. The summed E-state index contributed by atoms with van der Waals surface area (Å²) in [6.07, 6.45) is 1.81. The molecule has 8 heteroatoms. The van der Waals surface area contributed by atoms with Gasteiger partial charge in [-0.1, -0.05) is 12.1 Å². The van der Waals surface area contributed by atoms with Crippen molar-refractivity contribution in [2.75, 3.05) is 44.7 Å². The highest BCUT2D eigenvalue weighted by atomic mass is 32.2. The molecule has 2 fully saturated rings. The standard InChI is InChI=1S/C22H27N3O4S/c26-22(19-5-3-18(4-6-19)17-24-13-15-29-16-14-24)23-20-7-9-21(10-8-20)30(27,28)25-11-1-2-12-25/h3-10H,1-2,11-17H2,(H,23,26)/p+1. The van der Waals surface area contributed by atoms with Gasteiger partial charge in [-0.2, -0.15) is 4.31 Å². The molecule has 2 aliphatic rings. The minimum Gasteiger partial charge on any atom is -0.370 e. The zero-order valence-corrected chi connectivity index (χ0v) is 17.8. The Kier molecular flexibility index (Phi) is 6.48. The lowest BCUT2D eigenvalue weighted by Crippen LogP contribution is -3.12. The van der Waals surface area contributed by atoms with Crippen LogP contribution in [-0.4, -0.2) is 58.0 Å². The van der Waals surface area contributed by atoms with Gasteiger partial charge in [0, 0.05) is 29.9 Å². The van der Waals surface area contributed by atoms with Gasteiger partial charge in [-0.05, 0) is 49.2 Å². The molecular weight excluding hydrogens is 402 g/mol. The predicted molar refractivity (Wildman–Crippen MR) is 114 cm³/mol. The number of morpholine rings is 1. The molecule has 30 heavy (non-hydrogen) atoms. The van der Waals surface area contributed by atoms with E-state index in [1.54, 1.807) is 24.3 Å². The second-order valence-electron chi connectivity index (χ2n) is 7.83. The van der Waals surface area contributed by atoms with E-state index >= 15 is 0 Å². The summed E-state index contributed by atoms with van der Waals surface area (Å²) in [6, 6.07) is 14.0. The van der Waals surface area contributed by atoms with Gasteiger partial charge in [-0.3, -0.25) is 4.79 Å². The average molecular weight is 431 g/mol. The normalized spacial score (nSPS) is 18.4. The Hall–Kier alpha value is -2.26. The molecule has 2 aromatic carbocycles. The summed E-state index contributed by atoms with van der Waals surface area (Å²) < 4.78 is 32.1. The van der Waals surface area contributed by atoms with Crippen molar-refractivity contribution in [3.8, 4) is 0 Å². The van der Waals surface area contributed by atoms with E-state index in [9.17, 15) is 13.2 Å². The summed E-state index contributed by atoms with van der Waals surface area (Å²) >= 11 is 0. The lowest BCUT2D eigenvalue weighted by molar-refractivity contribution is -0.921. The lowest BCUT2D eigenvalue weighted by atomic mass is 10.1. The summed E-state index contributed by atoms with van der Waals surface area (Å²) in [4.78, 5) is 14.3. The second kappa shape index (κ2) is 9.26. The van der Waals surface area contributed by atoms with Crippen LogP contribution in [0.15, 0.2) is 53.4 Å². The van der Waals surface area contributed by atoms with E-state index in [1.165, 1.54) is 14.8 Å². The van der Waals surface area contributed by atoms with Gasteiger partial charge < -0.3 is 15.0 Å². The van der Waals surface area contributed by atoms with Crippen LogP contribution in [0.2, 0.25) is 0 Å². The highest BCUT2D eigenvalue weighted by molar-refractivity contribution is 7.89. The van der Waals surface area contributed by atoms with Crippen LogP contribution in [0.25, 0.3) is 0 Å². The molecule has 0 atom stereocenters. The predicted octanol–water partition coefficient (Wildman–Crippen LogP) is 1.14. The van der Waals surface area contributed by atoms with Crippen LogP contribution in [0.3, 0.4) is 0 Å². The first-order chi connectivity index (χ1) is 14.5. The Balaban J connectivity index is 1.36. The van der Waals surface area contributed by atoms with Gasteiger partial charge in [0.15, 0.2) is 0 Å². The zero-order valence-electron chi connectivity index (χ0n) is 17.0. The second-order valence-corrected chi connectivity index (χ2v) is 9.76. The number of nitrogens with zero attached hydrogens (tertiary/aromatic N) is 1. The molecule has 0 radical (unpaired) electrons. The van der Waals surface area contributed by atoms with Gasteiger partial charge in [0.05, 0.1) is 18.1 Å². The molecule has 0 unspecified atom stereocenters. The van der Waals surface area contributed by atoms with Crippen LogP contribution in [0.4, 0.5) is 5.69 Å². The molecular formula is C22H28N3O4S+. The van der Waals surface area contributed by atoms with Gasteiger partial charge in [-0.25, -0.2) is 8.42 Å². The molecule has 0 aliphatic carbocycles. The van der Waals surface area contributed by atoms with Crippen molar-refractivity contribution in [1.82, 2.24) is 4.31 Å². The highest BCUT2D eigenvalue weighted by Crippen LogP contribution is 2.22. The molecule has 1 amide bonds. The summed E-state index contributed by atoms with van der Waals surface area (Å²) in [6.45, 7) is 5.69. The molecule has 0 aromatic heterocycles. The maximum absolute atomic E-state index is 12.6. The summed E-state index contributed by atoms with van der Waals surface area (Å²) in [5.74, 6) is -0.213. The van der Waals surface area contributed by atoms with Crippen LogP contribution in [-0.2, 0) is 21.3 Å². The maximum atomic E-state index is 12.6. The van der Waals surface area contributed by atoms with Crippen LogP contribution < -0.4 is 10.2 Å². The molecule has 0 saturated carbocycles. The van der Waals surface area contributed by atoms with Gasteiger partial charge in [0.1, 0.15) is 19.6 Å². The lowest BCUT2D eigenvalue weighted by Gasteiger charge is -2.23. The van der Waals surface area contributed by atoms with Gasteiger partial charge in [0.25, 0.3) is 5.91 Å². The van der Waals surface area contributed by atoms with Crippen molar-refractivity contribution in [1.29, 1.82) is 0 Å². The summed E-state index contributed by atoms with van der Waals surface area (Å²) in [7, 11) is -3.44. The van der Waals surface area contributed by atoms with Crippen molar-refractivity contribution in [3.05, 3.63) is 59.7 Å². The zero-order chi connectivity index (χ0) is 21.0.